The average molecular weight is 216 g/mol. The fourth-order valence-corrected chi connectivity index (χ4v) is 1.59. The van der Waals surface area contributed by atoms with E-state index in [2.05, 4.69) is 48.4 Å². The molecule has 84 valence electrons. The number of hydrogen-bond donors (Lipinski definition) is 1. The minimum absolute atomic E-state index is 0.457. The highest BCUT2D eigenvalue weighted by Crippen LogP contribution is 2.15. The van der Waals surface area contributed by atoms with Crippen LogP contribution in [0.15, 0.2) is 30.5 Å². The Balaban J connectivity index is 2.11. The van der Waals surface area contributed by atoms with Crippen LogP contribution in [0.3, 0.4) is 0 Å². The first-order valence-corrected chi connectivity index (χ1v) is 5.39. The van der Waals surface area contributed by atoms with Gasteiger partial charge in [0.15, 0.2) is 5.82 Å². The van der Waals surface area contributed by atoms with E-state index in [4.69, 9.17) is 5.73 Å². The van der Waals surface area contributed by atoms with Crippen LogP contribution in [0.25, 0.3) is 0 Å². The van der Waals surface area contributed by atoms with Crippen LogP contribution >= 0.6 is 0 Å². The zero-order valence-electron chi connectivity index (χ0n) is 9.59. The molecule has 0 aliphatic heterocycles. The van der Waals surface area contributed by atoms with E-state index in [1.807, 2.05) is 0 Å². The molecule has 0 radical (unpaired) electrons. The first-order valence-electron chi connectivity index (χ1n) is 5.39. The van der Waals surface area contributed by atoms with E-state index < -0.39 is 0 Å². The van der Waals surface area contributed by atoms with Crippen molar-refractivity contribution in [2.45, 2.75) is 26.3 Å². The van der Waals surface area contributed by atoms with Crippen LogP contribution in [0, 0.1) is 0 Å². The van der Waals surface area contributed by atoms with E-state index >= 15 is 0 Å². The summed E-state index contributed by atoms with van der Waals surface area (Å²) >= 11 is 0. The number of benzene rings is 1. The van der Waals surface area contributed by atoms with Crippen molar-refractivity contribution in [2.75, 3.05) is 5.73 Å². The molecule has 0 unspecified atom stereocenters. The third kappa shape index (κ3) is 2.39. The maximum Gasteiger partial charge on any atom is 0.165 e. The molecule has 0 atom stereocenters. The maximum atomic E-state index is 5.50. The highest BCUT2D eigenvalue weighted by molar-refractivity contribution is 5.25. The van der Waals surface area contributed by atoms with Crippen molar-refractivity contribution in [3.05, 3.63) is 41.6 Å². The normalized spacial score (nSPS) is 10.9. The predicted molar refractivity (Wildman–Crippen MR) is 64.1 cm³/mol. The van der Waals surface area contributed by atoms with Gasteiger partial charge < -0.3 is 5.73 Å². The lowest BCUT2D eigenvalue weighted by molar-refractivity contribution is 0.649. The Labute approximate surface area is 95.1 Å². The van der Waals surface area contributed by atoms with Gasteiger partial charge in [0.1, 0.15) is 0 Å². The quantitative estimate of drug-likeness (QED) is 0.854. The van der Waals surface area contributed by atoms with E-state index in [-0.39, 0.29) is 0 Å². The van der Waals surface area contributed by atoms with Crippen molar-refractivity contribution in [1.29, 1.82) is 0 Å². The van der Waals surface area contributed by atoms with Gasteiger partial charge in [0, 0.05) is 0 Å². The number of aromatic nitrogens is 3. The molecule has 0 amide bonds. The van der Waals surface area contributed by atoms with Crippen molar-refractivity contribution in [1.82, 2.24) is 15.0 Å². The van der Waals surface area contributed by atoms with Gasteiger partial charge in [0.05, 0.1) is 12.7 Å². The first-order chi connectivity index (χ1) is 7.65. The van der Waals surface area contributed by atoms with E-state index in [0.717, 1.165) is 0 Å². The molecular formula is C12H16N4. The molecule has 4 heteroatoms. The molecule has 2 N–H and O–H groups in total. The summed E-state index contributed by atoms with van der Waals surface area (Å²) in [5.41, 5.74) is 8.05. The minimum atomic E-state index is 0.457. The van der Waals surface area contributed by atoms with Gasteiger partial charge >= 0.3 is 0 Å². The highest BCUT2D eigenvalue weighted by Gasteiger charge is 2.01. The Bertz CT molecular complexity index is 456. The summed E-state index contributed by atoms with van der Waals surface area (Å²) in [5.74, 6) is 1.02. The van der Waals surface area contributed by atoms with E-state index in [1.165, 1.54) is 11.1 Å². The van der Waals surface area contributed by atoms with Crippen molar-refractivity contribution >= 4 is 5.82 Å². The number of nitrogen functional groups attached to an aromatic ring is 1. The van der Waals surface area contributed by atoms with Crippen LogP contribution in [-0.4, -0.2) is 15.0 Å². The van der Waals surface area contributed by atoms with Crippen LogP contribution in [0.5, 0.6) is 0 Å². The summed E-state index contributed by atoms with van der Waals surface area (Å²) < 4.78 is 1.74. The Morgan fingerprint density at radius 2 is 1.94 bits per heavy atom. The topological polar surface area (TPSA) is 56.7 Å². The second-order valence-electron chi connectivity index (χ2n) is 4.24. The smallest absolute Gasteiger partial charge is 0.165 e. The molecule has 1 aromatic heterocycles. The molecule has 16 heavy (non-hydrogen) atoms. The Kier molecular flexibility index (Phi) is 2.90. The first kappa shape index (κ1) is 10.7. The van der Waals surface area contributed by atoms with Crippen LogP contribution in [-0.2, 0) is 6.54 Å². The minimum Gasteiger partial charge on any atom is -0.381 e. The van der Waals surface area contributed by atoms with Gasteiger partial charge in [0.2, 0.25) is 0 Å². The fraction of sp³-hybridized carbons (Fsp3) is 0.333. The molecule has 1 aromatic carbocycles. The molecule has 0 saturated carbocycles. The van der Waals surface area contributed by atoms with Crippen LogP contribution < -0.4 is 5.73 Å². The zero-order valence-corrected chi connectivity index (χ0v) is 9.59. The van der Waals surface area contributed by atoms with Gasteiger partial charge in [-0.25, -0.2) is 4.68 Å². The number of hydrogen-bond acceptors (Lipinski definition) is 3. The summed E-state index contributed by atoms with van der Waals surface area (Å²) in [6.45, 7) is 5.09. The van der Waals surface area contributed by atoms with Crippen molar-refractivity contribution < 1.29 is 0 Å². The molecule has 4 nitrogen and oxygen atoms in total. The van der Waals surface area contributed by atoms with Crippen LogP contribution in [0.4, 0.5) is 5.82 Å². The Morgan fingerprint density at radius 3 is 2.44 bits per heavy atom. The fourth-order valence-electron chi connectivity index (χ4n) is 1.59. The van der Waals surface area contributed by atoms with E-state index in [1.54, 1.807) is 10.9 Å². The molecule has 0 bridgehead atoms. The lowest BCUT2D eigenvalue weighted by Crippen LogP contribution is -2.00. The van der Waals surface area contributed by atoms with Gasteiger partial charge in [-0.1, -0.05) is 43.3 Å². The van der Waals surface area contributed by atoms with Gasteiger partial charge in [-0.3, -0.25) is 0 Å². The monoisotopic (exact) mass is 216 g/mol. The number of nitrogens with zero attached hydrogens (tertiary/aromatic N) is 3. The summed E-state index contributed by atoms with van der Waals surface area (Å²) in [7, 11) is 0. The second-order valence-corrected chi connectivity index (χ2v) is 4.24. The van der Waals surface area contributed by atoms with E-state index in [9.17, 15) is 0 Å². The van der Waals surface area contributed by atoms with Crippen molar-refractivity contribution in [3.8, 4) is 0 Å². The van der Waals surface area contributed by atoms with Crippen LogP contribution in [0.1, 0.15) is 30.9 Å². The Hall–Kier alpha value is -1.84. The van der Waals surface area contributed by atoms with Gasteiger partial charge in [0.25, 0.3) is 0 Å². The molecule has 2 aromatic rings. The second kappa shape index (κ2) is 4.35. The summed E-state index contributed by atoms with van der Waals surface area (Å²) in [6, 6.07) is 8.54. The van der Waals surface area contributed by atoms with Crippen LogP contribution in [0.2, 0.25) is 0 Å². The largest absolute Gasteiger partial charge is 0.381 e. The molecule has 2 rings (SSSR count). The maximum absolute atomic E-state index is 5.50. The van der Waals surface area contributed by atoms with Crippen molar-refractivity contribution in [2.24, 2.45) is 0 Å². The molecule has 0 aliphatic carbocycles. The lowest BCUT2D eigenvalue weighted by Gasteiger charge is -2.06. The predicted octanol–water partition coefficient (Wildman–Crippen LogP) is 2.03. The molecule has 0 saturated heterocycles. The van der Waals surface area contributed by atoms with E-state index in [0.29, 0.717) is 18.3 Å². The standard InChI is InChI=1S/C12H16N4/c1-9(2)11-5-3-10(4-6-11)7-16-8-12(13)14-15-16/h3-6,8-9H,7,13H2,1-2H3. The third-order valence-electron chi connectivity index (χ3n) is 2.55. The summed E-state index contributed by atoms with van der Waals surface area (Å²) in [5, 5.41) is 7.66. The average Bonchev–Trinajstić information content (AvgIpc) is 2.65. The number of anilines is 1. The molecule has 0 spiro atoms. The molecule has 0 aliphatic rings. The summed E-state index contributed by atoms with van der Waals surface area (Å²) in [4.78, 5) is 0. The molecular weight excluding hydrogens is 200 g/mol. The van der Waals surface area contributed by atoms with Gasteiger partial charge in [-0.15, -0.1) is 5.10 Å². The molecule has 1 heterocycles. The molecule has 0 fully saturated rings. The van der Waals surface area contributed by atoms with Gasteiger partial charge in [-0.2, -0.15) is 0 Å². The van der Waals surface area contributed by atoms with Gasteiger partial charge in [-0.05, 0) is 17.0 Å². The summed E-state index contributed by atoms with van der Waals surface area (Å²) in [6.07, 6.45) is 1.73. The van der Waals surface area contributed by atoms with Crippen molar-refractivity contribution in [3.63, 3.8) is 0 Å². The number of nitrogens with two attached hydrogens (primary N) is 1. The number of rotatable bonds is 3. The third-order valence-corrected chi connectivity index (χ3v) is 2.55. The highest BCUT2D eigenvalue weighted by atomic mass is 15.4. The Morgan fingerprint density at radius 1 is 1.25 bits per heavy atom. The zero-order chi connectivity index (χ0) is 11.5. The lowest BCUT2D eigenvalue weighted by atomic mass is 10.0. The SMILES string of the molecule is CC(C)c1ccc(Cn2cc(N)nn2)cc1.